The Labute approximate surface area is 176 Å². The number of nitrogens with two attached hydrogens (primary N) is 1. The molecule has 152 valence electrons. The summed E-state index contributed by atoms with van der Waals surface area (Å²) in [5.41, 5.74) is 6.17. The van der Waals surface area contributed by atoms with Gasteiger partial charge in [0.1, 0.15) is 5.69 Å². The summed E-state index contributed by atoms with van der Waals surface area (Å²) in [4.78, 5) is 0.0895. The lowest BCUT2D eigenvalue weighted by molar-refractivity contribution is 0.598. The maximum absolute atomic E-state index is 11.6. The molecule has 2 N–H and O–H groups in total. The lowest BCUT2D eigenvalue weighted by Gasteiger charge is -2.05. The molecule has 0 aliphatic heterocycles. The number of primary sulfonamides is 1. The molecule has 1 heterocycles. The van der Waals surface area contributed by atoms with E-state index >= 15 is 0 Å². The van der Waals surface area contributed by atoms with Gasteiger partial charge in [-0.15, -0.1) is 0 Å². The van der Waals surface area contributed by atoms with Crippen LogP contribution in [0.15, 0.2) is 90.0 Å². The normalized spacial score (nSPS) is 11.5. The summed E-state index contributed by atoms with van der Waals surface area (Å²) in [6, 6.07) is 25.1. The van der Waals surface area contributed by atoms with Crippen molar-refractivity contribution in [3.63, 3.8) is 0 Å². The third-order valence-electron chi connectivity index (χ3n) is 5.05. The number of rotatable bonds is 6. The van der Waals surface area contributed by atoms with Crippen LogP contribution in [-0.4, -0.2) is 18.2 Å². The summed E-state index contributed by atoms with van der Waals surface area (Å²) in [5.74, 6) is 0. The highest BCUT2D eigenvalue weighted by molar-refractivity contribution is 7.89. The number of aryl methyl sites for hydroxylation is 3. The first-order valence-electron chi connectivity index (χ1n) is 9.72. The van der Waals surface area contributed by atoms with Crippen molar-refractivity contribution >= 4 is 10.0 Å². The zero-order valence-electron chi connectivity index (χ0n) is 16.7. The molecule has 0 amide bonds. The van der Waals surface area contributed by atoms with Gasteiger partial charge in [-0.1, -0.05) is 72.3 Å². The molecule has 30 heavy (non-hydrogen) atoms. The van der Waals surface area contributed by atoms with Gasteiger partial charge < -0.3 is 0 Å². The molecule has 0 spiro atoms. The summed E-state index contributed by atoms with van der Waals surface area (Å²) in [5, 5.41) is 10.1. The number of benzene rings is 3. The van der Waals surface area contributed by atoms with Gasteiger partial charge in [0.25, 0.3) is 0 Å². The van der Waals surface area contributed by atoms with E-state index in [1.807, 2.05) is 22.9 Å². The largest absolute Gasteiger partial charge is 0.271 e. The molecule has 4 aromatic rings. The van der Waals surface area contributed by atoms with Crippen LogP contribution < -0.4 is 5.14 Å². The number of nitrogens with zero attached hydrogens (tertiary/aromatic N) is 2. The Hall–Kier alpha value is -3.22. The Morgan fingerprint density at radius 2 is 1.50 bits per heavy atom. The second-order valence-corrected chi connectivity index (χ2v) is 8.89. The van der Waals surface area contributed by atoms with E-state index in [2.05, 4.69) is 49.5 Å². The summed E-state index contributed by atoms with van der Waals surface area (Å²) in [6.07, 6.45) is 2.93. The minimum absolute atomic E-state index is 0.0895. The van der Waals surface area contributed by atoms with Gasteiger partial charge in [0.05, 0.1) is 4.90 Å². The SMILES string of the molecule is Cc1ccc(-c2cn(CCc3ccccc3)nc2-c2ccc(S(N)(=O)=O)cc2)cc1. The molecular formula is C24H23N3O2S. The van der Waals surface area contributed by atoms with Crippen molar-refractivity contribution < 1.29 is 8.42 Å². The Bertz CT molecular complexity index is 1240. The van der Waals surface area contributed by atoms with E-state index in [-0.39, 0.29) is 4.90 Å². The van der Waals surface area contributed by atoms with Crippen LogP contribution in [0.2, 0.25) is 0 Å². The average Bonchev–Trinajstić information content (AvgIpc) is 3.17. The summed E-state index contributed by atoms with van der Waals surface area (Å²) in [6.45, 7) is 2.80. The highest BCUT2D eigenvalue weighted by Gasteiger charge is 2.15. The van der Waals surface area contributed by atoms with Crippen LogP contribution in [-0.2, 0) is 23.0 Å². The van der Waals surface area contributed by atoms with E-state index in [0.29, 0.717) is 0 Å². The molecule has 0 saturated heterocycles. The van der Waals surface area contributed by atoms with Gasteiger partial charge in [0.15, 0.2) is 0 Å². The fourth-order valence-corrected chi connectivity index (χ4v) is 3.90. The number of aromatic nitrogens is 2. The Kier molecular flexibility index (Phi) is 5.53. The monoisotopic (exact) mass is 417 g/mol. The molecule has 0 fully saturated rings. The molecular weight excluding hydrogens is 394 g/mol. The van der Waals surface area contributed by atoms with Crippen LogP contribution in [0.1, 0.15) is 11.1 Å². The fourth-order valence-electron chi connectivity index (χ4n) is 3.38. The molecule has 0 atom stereocenters. The van der Waals surface area contributed by atoms with E-state index in [9.17, 15) is 8.42 Å². The van der Waals surface area contributed by atoms with E-state index in [0.717, 1.165) is 35.3 Å². The van der Waals surface area contributed by atoms with Gasteiger partial charge in [-0.3, -0.25) is 4.68 Å². The first-order valence-corrected chi connectivity index (χ1v) is 11.3. The van der Waals surface area contributed by atoms with Crippen LogP contribution in [0.5, 0.6) is 0 Å². The molecule has 1 aromatic heterocycles. The minimum atomic E-state index is -3.73. The van der Waals surface area contributed by atoms with E-state index < -0.39 is 10.0 Å². The van der Waals surface area contributed by atoms with Crippen LogP contribution in [0.4, 0.5) is 0 Å². The Balaban J connectivity index is 1.71. The van der Waals surface area contributed by atoms with Crippen LogP contribution in [0.3, 0.4) is 0 Å². The highest BCUT2D eigenvalue weighted by atomic mass is 32.2. The maximum Gasteiger partial charge on any atom is 0.238 e. The predicted molar refractivity (Wildman–Crippen MR) is 119 cm³/mol. The third-order valence-corrected chi connectivity index (χ3v) is 5.98. The summed E-state index contributed by atoms with van der Waals surface area (Å²) < 4.78 is 25.1. The van der Waals surface area contributed by atoms with Gasteiger partial charge in [-0.05, 0) is 36.6 Å². The lowest BCUT2D eigenvalue weighted by Crippen LogP contribution is -2.11. The second-order valence-electron chi connectivity index (χ2n) is 7.33. The molecule has 0 saturated carbocycles. The van der Waals surface area contributed by atoms with Crippen molar-refractivity contribution in [1.29, 1.82) is 0 Å². The number of sulfonamides is 1. The molecule has 0 bridgehead atoms. The van der Waals surface area contributed by atoms with Crippen molar-refractivity contribution in [3.05, 3.63) is 96.2 Å². The van der Waals surface area contributed by atoms with Gasteiger partial charge in [0.2, 0.25) is 10.0 Å². The number of hydrogen-bond acceptors (Lipinski definition) is 3. The minimum Gasteiger partial charge on any atom is -0.271 e. The smallest absolute Gasteiger partial charge is 0.238 e. The molecule has 3 aromatic carbocycles. The van der Waals surface area contributed by atoms with Crippen molar-refractivity contribution in [2.45, 2.75) is 24.8 Å². The quantitative estimate of drug-likeness (QED) is 0.505. The molecule has 0 unspecified atom stereocenters. The topological polar surface area (TPSA) is 78.0 Å². The van der Waals surface area contributed by atoms with Crippen molar-refractivity contribution in [2.24, 2.45) is 5.14 Å². The van der Waals surface area contributed by atoms with E-state index in [1.54, 1.807) is 12.1 Å². The Morgan fingerprint density at radius 1 is 0.867 bits per heavy atom. The highest BCUT2D eigenvalue weighted by Crippen LogP contribution is 2.32. The van der Waals surface area contributed by atoms with Gasteiger partial charge in [-0.2, -0.15) is 5.10 Å². The average molecular weight is 418 g/mol. The molecule has 4 rings (SSSR count). The van der Waals surface area contributed by atoms with Gasteiger partial charge in [0, 0.05) is 23.9 Å². The molecule has 5 nitrogen and oxygen atoms in total. The van der Waals surface area contributed by atoms with E-state index in [4.69, 9.17) is 10.2 Å². The lowest BCUT2D eigenvalue weighted by atomic mass is 10.0. The maximum atomic E-state index is 11.6. The standard InChI is InChI=1S/C24H23N3O2S/c1-18-7-9-20(10-8-18)23-17-27(16-15-19-5-3-2-4-6-19)26-24(23)21-11-13-22(14-12-21)30(25,28)29/h2-14,17H,15-16H2,1H3,(H2,25,28,29). The molecule has 0 radical (unpaired) electrons. The molecule has 0 aliphatic carbocycles. The zero-order chi connectivity index (χ0) is 21.1. The fraction of sp³-hybridized carbons (Fsp3) is 0.125. The molecule has 0 aliphatic rings. The van der Waals surface area contributed by atoms with Crippen LogP contribution in [0, 0.1) is 6.92 Å². The van der Waals surface area contributed by atoms with Gasteiger partial charge >= 0.3 is 0 Å². The summed E-state index contributed by atoms with van der Waals surface area (Å²) in [7, 11) is -3.73. The number of hydrogen-bond donors (Lipinski definition) is 1. The van der Waals surface area contributed by atoms with Gasteiger partial charge in [-0.25, -0.2) is 13.6 Å². The van der Waals surface area contributed by atoms with Crippen molar-refractivity contribution in [1.82, 2.24) is 9.78 Å². The van der Waals surface area contributed by atoms with E-state index in [1.165, 1.54) is 23.3 Å². The second kappa shape index (κ2) is 8.26. The predicted octanol–water partition coefficient (Wildman–Crippen LogP) is 4.42. The zero-order valence-corrected chi connectivity index (χ0v) is 17.5. The van der Waals surface area contributed by atoms with Crippen molar-refractivity contribution in [3.8, 4) is 22.4 Å². The first-order chi connectivity index (χ1) is 14.4. The summed E-state index contributed by atoms with van der Waals surface area (Å²) >= 11 is 0. The molecule has 6 heteroatoms. The van der Waals surface area contributed by atoms with Crippen LogP contribution >= 0.6 is 0 Å². The third kappa shape index (κ3) is 4.50. The Morgan fingerprint density at radius 3 is 2.13 bits per heavy atom. The van der Waals surface area contributed by atoms with Crippen LogP contribution in [0.25, 0.3) is 22.4 Å². The first kappa shape index (κ1) is 20.1. The van der Waals surface area contributed by atoms with Crippen molar-refractivity contribution in [2.75, 3.05) is 0 Å².